The molecule has 0 unspecified atom stereocenters. The zero-order chi connectivity index (χ0) is 24.2. The molecule has 2 aromatic heterocycles. The van der Waals surface area contributed by atoms with E-state index in [0.717, 1.165) is 34.7 Å². The third-order valence-corrected chi connectivity index (χ3v) is 5.51. The predicted molar refractivity (Wildman–Crippen MR) is 133 cm³/mol. The molecule has 0 fully saturated rings. The molecule has 2 heterocycles. The highest BCUT2D eigenvalue weighted by Crippen LogP contribution is 2.29. The zero-order valence-corrected chi connectivity index (χ0v) is 20.0. The molecule has 0 aliphatic carbocycles. The Morgan fingerprint density at radius 2 is 1.09 bits per heavy atom. The zero-order valence-electron chi connectivity index (χ0n) is 20.0. The van der Waals surface area contributed by atoms with Crippen LogP contribution in [0.3, 0.4) is 0 Å². The molecule has 0 atom stereocenters. The Hall–Kier alpha value is -3.80. The van der Waals surface area contributed by atoms with Gasteiger partial charge >= 0.3 is 11.9 Å². The third kappa shape index (κ3) is 4.76. The molecule has 174 valence electrons. The summed E-state index contributed by atoms with van der Waals surface area (Å²) in [6.07, 6.45) is 1.46. The lowest BCUT2D eigenvalue weighted by Gasteiger charge is -2.13. The van der Waals surface area contributed by atoms with Crippen LogP contribution in [0.2, 0.25) is 0 Å². The molecule has 0 aliphatic rings. The Morgan fingerprint density at radius 1 is 0.676 bits per heavy atom. The van der Waals surface area contributed by atoms with E-state index in [1.54, 1.807) is 12.1 Å². The van der Waals surface area contributed by atoms with E-state index in [1.165, 1.54) is 0 Å². The van der Waals surface area contributed by atoms with Crippen molar-refractivity contribution >= 4 is 33.7 Å². The van der Waals surface area contributed by atoms with Gasteiger partial charge in [0, 0.05) is 10.8 Å². The summed E-state index contributed by atoms with van der Waals surface area (Å²) >= 11 is 0. The van der Waals surface area contributed by atoms with Crippen LogP contribution in [0.1, 0.15) is 58.5 Å². The Kier molecular flexibility index (Phi) is 6.87. The first kappa shape index (κ1) is 23.4. The summed E-state index contributed by atoms with van der Waals surface area (Å²) in [6, 6.07) is 14.9. The van der Waals surface area contributed by atoms with Gasteiger partial charge in [-0.2, -0.15) is 0 Å². The minimum Gasteiger partial charge on any atom is -0.462 e. The lowest BCUT2D eigenvalue weighted by molar-refractivity contribution is 0.0498. The van der Waals surface area contributed by atoms with Crippen LogP contribution < -0.4 is 0 Å². The largest absolute Gasteiger partial charge is 0.462 e. The number of ether oxygens (including phenoxy) is 2. The molecule has 2 aromatic carbocycles. The second kappa shape index (κ2) is 10.00. The second-order valence-electron chi connectivity index (χ2n) is 8.42. The Labute approximate surface area is 198 Å². The van der Waals surface area contributed by atoms with E-state index in [4.69, 9.17) is 19.4 Å². The van der Waals surface area contributed by atoms with Gasteiger partial charge in [0.05, 0.1) is 46.8 Å². The molecule has 0 aliphatic heterocycles. The van der Waals surface area contributed by atoms with Crippen LogP contribution in [0.4, 0.5) is 0 Å². The number of carbonyl (C=O) groups is 2. The van der Waals surface area contributed by atoms with Crippen molar-refractivity contribution in [3.8, 4) is 11.4 Å². The molecule has 6 nitrogen and oxygen atoms in total. The van der Waals surface area contributed by atoms with Crippen LogP contribution in [0.5, 0.6) is 0 Å². The number of esters is 2. The molecular formula is C28H28N2O4. The van der Waals surface area contributed by atoms with Gasteiger partial charge in [0.2, 0.25) is 0 Å². The summed E-state index contributed by atoms with van der Waals surface area (Å²) < 4.78 is 10.9. The molecule has 0 saturated heterocycles. The van der Waals surface area contributed by atoms with Crippen molar-refractivity contribution in [1.82, 2.24) is 9.97 Å². The Bertz CT molecular complexity index is 1290. The third-order valence-electron chi connectivity index (χ3n) is 5.51. The second-order valence-corrected chi connectivity index (χ2v) is 8.42. The smallest absolute Gasteiger partial charge is 0.338 e. The van der Waals surface area contributed by atoms with Gasteiger partial charge in [-0.15, -0.1) is 0 Å². The standard InChI is InChI=1S/C28H28N2O4/c1-5-11-33-27(31)21-15-25(29-23-9-7-17(3)13-19(21)23)26-16-22(28(32)34-12-6-2)20-14-18(4)8-10-24(20)30-26/h7-10,13-16H,5-6,11-12H2,1-4H3. The van der Waals surface area contributed by atoms with Crippen LogP contribution in [0.15, 0.2) is 48.5 Å². The number of hydrogen-bond donors (Lipinski definition) is 0. The van der Waals surface area contributed by atoms with E-state index in [2.05, 4.69) is 0 Å². The monoisotopic (exact) mass is 456 g/mol. The number of nitrogens with zero attached hydrogens (tertiary/aromatic N) is 2. The molecule has 0 saturated carbocycles. The van der Waals surface area contributed by atoms with E-state index >= 15 is 0 Å². The minimum atomic E-state index is -0.403. The summed E-state index contributed by atoms with van der Waals surface area (Å²) in [5.74, 6) is -0.805. The number of fused-ring (bicyclic) bond motifs is 2. The van der Waals surface area contributed by atoms with Gasteiger partial charge in [0.15, 0.2) is 0 Å². The molecule has 0 amide bonds. The van der Waals surface area contributed by atoms with E-state index in [-0.39, 0.29) is 0 Å². The quantitative estimate of drug-likeness (QED) is 0.308. The van der Waals surface area contributed by atoms with Crippen molar-refractivity contribution < 1.29 is 19.1 Å². The van der Waals surface area contributed by atoms with Crippen LogP contribution in [-0.4, -0.2) is 35.1 Å². The molecular weight excluding hydrogens is 428 g/mol. The summed E-state index contributed by atoms with van der Waals surface area (Å²) in [5, 5.41) is 1.45. The molecule has 0 radical (unpaired) electrons. The predicted octanol–water partition coefficient (Wildman–Crippen LogP) is 6.20. The summed E-state index contributed by atoms with van der Waals surface area (Å²) in [5.41, 5.74) is 5.20. The number of hydrogen-bond acceptors (Lipinski definition) is 6. The summed E-state index contributed by atoms with van der Waals surface area (Å²) in [7, 11) is 0. The van der Waals surface area contributed by atoms with Crippen LogP contribution in [-0.2, 0) is 9.47 Å². The van der Waals surface area contributed by atoms with Gasteiger partial charge in [0.1, 0.15) is 0 Å². The molecule has 0 N–H and O–H groups in total. The molecule has 0 bridgehead atoms. The molecule has 4 rings (SSSR count). The average Bonchev–Trinajstić information content (AvgIpc) is 2.84. The van der Waals surface area contributed by atoms with Gasteiger partial charge in [0.25, 0.3) is 0 Å². The van der Waals surface area contributed by atoms with Gasteiger partial charge < -0.3 is 9.47 Å². The fourth-order valence-electron chi connectivity index (χ4n) is 3.82. The molecule has 4 aromatic rings. The van der Waals surface area contributed by atoms with Crippen molar-refractivity contribution in [2.45, 2.75) is 40.5 Å². The highest BCUT2D eigenvalue weighted by atomic mass is 16.5. The van der Waals surface area contributed by atoms with Crippen molar-refractivity contribution in [2.24, 2.45) is 0 Å². The SMILES string of the molecule is CCCOC(=O)c1cc(-c2cc(C(=O)OCCC)c3cc(C)ccc3n2)nc2ccc(C)cc12. The van der Waals surface area contributed by atoms with Crippen molar-refractivity contribution in [1.29, 1.82) is 0 Å². The van der Waals surface area contributed by atoms with Crippen LogP contribution in [0, 0.1) is 13.8 Å². The van der Waals surface area contributed by atoms with Crippen LogP contribution >= 0.6 is 0 Å². The topological polar surface area (TPSA) is 78.4 Å². The molecule has 6 heteroatoms. The van der Waals surface area contributed by atoms with Gasteiger partial charge in [-0.05, 0) is 63.1 Å². The lowest BCUT2D eigenvalue weighted by Crippen LogP contribution is -2.09. The van der Waals surface area contributed by atoms with Gasteiger partial charge in [-0.1, -0.05) is 37.1 Å². The van der Waals surface area contributed by atoms with Gasteiger partial charge in [-0.3, -0.25) is 0 Å². The normalized spacial score (nSPS) is 11.1. The first-order chi connectivity index (χ1) is 16.4. The lowest BCUT2D eigenvalue weighted by atomic mass is 10.0. The van der Waals surface area contributed by atoms with E-state index in [1.807, 2.05) is 64.1 Å². The molecule has 34 heavy (non-hydrogen) atoms. The highest BCUT2D eigenvalue weighted by molar-refractivity contribution is 6.06. The number of aryl methyl sites for hydroxylation is 2. The van der Waals surface area contributed by atoms with Crippen molar-refractivity contribution in [3.63, 3.8) is 0 Å². The number of pyridine rings is 2. The Balaban J connectivity index is 1.93. The maximum absolute atomic E-state index is 12.9. The fraction of sp³-hybridized carbons (Fsp3) is 0.286. The van der Waals surface area contributed by atoms with Crippen molar-refractivity contribution in [3.05, 3.63) is 70.8 Å². The minimum absolute atomic E-state index is 0.338. The van der Waals surface area contributed by atoms with E-state index < -0.39 is 11.9 Å². The van der Waals surface area contributed by atoms with Crippen molar-refractivity contribution in [2.75, 3.05) is 13.2 Å². The number of benzene rings is 2. The summed E-state index contributed by atoms with van der Waals surface area (Å²) in [4.78, 5) is 35.4. The maximum atomic E-state index is 12.9. The van der Waals surface area contributed by atoms with Crippen LogP contribution in [0.25, 0.3) is 33.2 Å². The Morgan fingerprint density at radius 3 is 1.47 bits per heavy atom. The number of aromatic nitrogens is 2. The first-order valence-corrected chi connectivity index (χ1v) is 11.6. The molecule has 0 spiro atoms. The highest BCUT2D eigenvalue weighted by Gasteiger charge is 2.19. The van der Waals surface area contributed by atoms with E-state index in [0.29, 0.717) is 46.8 Å². The first-order valence-electron chi connectivity index (χ1n) is 11.6. The fourth-order valence-corrected chi connectivity index (χ4v) is 3.82. The number of carbonyl (C=O) groups excluding carboxylic acids is 2. The maximum Gasteiger partial charge on any atom is 0.338 e. The number of rotatable bonds is 7. The van der Waals surface area contributed by atoms with E-state index in [9.17, 15) is 9.59 Å². The average molecular weight is 457 g/mol. The van der Waals surface area contributed by atoms with Gasteiger partial charge in [-0.25, -0.2) is 19.6 Å². The summed E-state index contributed by atoms with van der Waals surface area (Å²) in [6.45, 7) is 8.52.